The Kier molecular flexibility index (Phi) is 3.06. The molecule has 4 nitrogen and oxygen atoms in total. The number of aromatic hydroxyl groups is 1. The van der Waals surface area contributed by atoms with E-state index in [1.165, 1.54) is 5.56 Å². The predicted molar refractivity (Wildman–Crippen MR) is 81.0 cm³/mol. The van der Waals surface area contributed by atoms with E-state index in [0.717, 1.165) is 22.5 Å². The van der Waals surface area contributed by atoms with Crippen LogP contribution in [0, 0.1) is 6.92 Å². The Morgan fingerprint density at radius 1 is 1.20 bits per heavy atom. The van der Waals surface area contributed by atoms with Crippen LogP contribution >= 0.6 is 0 Å². The third-order valence-corrected chi connectivity index (χ3v) is 3.32. The van der Waals surface area contributed by atoms with E-state index in [9.17, 15) is 5.11 Å². The number of benzene rings is 2. The highest BCUT2D eigenvalue weighted by molar-refractivity contribution is 5.78. The fourth-order valence-corrected chi connectivity index (χ4v) is 2.29. The minimum absolute atomic E-state index is 0.288. The van der Waals surface area contributed by atoms with Gasteiger partial charge in [-0.2, -0.15) is 0 Å². The molecule has 0 fully saturated rings. The first kappa shape index (κ1) is 12.5. The number of nitrogens with one attached hydrogen (secondary N) is 1. The van der Waals surface area contributed by atoms with E-state index in [1.54, 1.807) is 12.1 Å². The molecule has 0 unspecified atom stereocenters. The molecule has 20 heavy (non-hydrogen) atoms. The van der Waals surface area contributed by atoms with Crippen molar-refractivity contribution in [2.45, 2.75) is 13.5 Å². The molecule has 1 aromatic heterocycles. The van der Waals surface area contributed by atoms with Gasteiger partial charge in [0.25, 0.3) is 0 Å². The van der Waals surface area contributed by atoms with E-state index in [1.807, 2.05) is 30.1 Å². The van der Waals surface area contributed by atoms with Gasteiger partial charge in [0.2, 0.25) is 5.95 Å². The molecule has 0 amide bonds. The number of aromatic nitrogens is 2. The Morgan fingerprint density at radius 2 is 2.05 bits per heavy atom. The highest BCUT2D eigenvalue weighted by Gasteiger charge is 2.08. The van der Waals surface area contributed by atoms with Crippen molar-refractivity contribution in [3.63, 3.8) is 0 Å². The monoisotopic (exact) mass is 267 g/mol. The second-order valence-electron chi connectivity index (χ2n) is 5.11. The number of anilines is 1. The number of hydrogen-bond donors (Lipinski definition) is 2. The number of nitrogens with zero attached hydrogens (tertiary/aromatic N) is 2. The van der Waals surface area contributed by atoms with E-state index < -0.39 is 0 Å². The first-order chi connectivity index (χ1) is 9.61. The number of phenolic OH excluding ortho intramolecular Hbond substituents is 1. The number of H-pyrrole nitrogens is 1. The van der Waals surface area contributed by atoms with Gasteiger partial charge in [-0.3, -0.25) is 0 Å². The summed E-state index contributed by atoms with van der Waals surface area (Å²) in [7, 11) is 1.98. The van der Waals surface area contributed by atoms with E-state index in [-0.39, 0.29) is 5.75 Å². The molecule has 2 aromatic carbocycles. The van der Waals surface area contributed by atoms with Gasteiger partial charge in [0.05, 0.1) is 11.0 Å². The van der Waals surface area contributed by atoms with Crippen molar-refractivity contribution >= 4 is 17.0 Å². The van der Waals surface area contributed by atoms with E-state index in [4.69, 9.17) is 0 Å². The maximum atomic E-state index is 9.50. The average Bonchev–Trinajstić information content (AvgIpc) is 2.81. The van der Waals surface area contributed by atoms with Gasteiger partial charge in [0.1, 0.15) is 5.75 Å². The van der Waals surface area contributed by atoms with Crippen LogP contribution < -0.4 is 4.90 Å². The highest BCUT2D eigenvalue weighted by Crippen LogP contribution is 2.20. The lowest BCUT2D eigenvalue weighted by atomic mass is 10.2. The van der Waals surface area contributed by atoms with Crippen molar-refractivity contribution in [1.29, 1.82) is 0 Å². The Morgan fingerprint density at radius 3 is 2.85 bits per heavy atom. The van der Waals surface area contributed by atoms with Gasteiger partial charge in [0, 0.05) is 13.6 Å². The van der Waals surface area contributed by atoms with Crippen LogP contribution in [0.2, 0.25) is 0 Å². The lowest BCUT2D eigenvalue weighted by Gasteiger charge is -2.15. The molecule has 4 heteroatoms. The van der Waals surface area contributed by atoms with Gasteiger partial charge >= 0.3 is 0 Å². The minimum Gasteiger partial charge on any atom is -0.508 e. The van der Waals surface area contributed by atoms with Crippen LogP contribution in [0.15, 0.2) is 42.5 Å². The SMILES string of the molecule is Cc1ccc2nc(N(C)Cc3cccc(O)c3)[nH]c2c1. The Bertz CT molecular complexity index is 748. The largest absolute Gasteiger partial charge is 0.508 e. The highest BCUT2D eigenvalue weighted by atomic mass is 16.3. The fraction of sp³-hybridized carbons (Fsp3) is 0.188. The molecule has 102 valence electrons. The summed E-state index contributed by atoms with van der Waals surface area (Å²) in [6, 6.07) is 13.4. The Hall–Kier alpha value is -2.49. The molecule has 0 saturated heterocycles. The number of fused-ring (bicyclic) bond motifs is 1. The topological polar surface area (TPSA) is 52.1 Å². The maximum Gasteiger partial charge on any atom is 0.203 e. The van der Waals surface area contributed by atoms with E-state index in [2.05, 4.69) is 29.0 Å². The molecule has 0 aliphatic carbocycles. The zero-order valence-electron chi connectivity index (χ0n) is 11.6. The van der Waals surface area contributed by atoms with Crippen LogP contribution in [-0.4, -0.2) is 22.1 Å². The summed E-state index contributed by atoms with van der Waals surface area (Å²) in [5, 5.41) is 9.50. The zero-order valence-corrected chi connectivity index (χ0v) is 11.6. The number of rotatable bonds is 3. The van der Waals surface area contributed by atoms with Crippen LogP contribution in [0.1, 0.15) is 11.1 Å². The minimum atomic E-state index is 0.288. The summed E-state index contributed by atoms with van der Waals surface area (Å²) in [6.07, 6.45) is 0. The third-order valence-electron chi connectivity index (χ3n) is 3.32. The first-order valence-corrected chi connectivity index (χ1v) is 6.57. The molecule has 0 bridgehead atoms. The number of imidazole rings is 1. The van der Waals surface area contributed by atoms with Crippen molar-refractivity contribution < 1.29 is 5.11 Å². The van der Waals surface area contributed by atoms with Crippen molar-refractivity contribution in [3.8, 4) is 5.75 Å². The number of phenols is 1. The van der Waals surface area contributed by atoms with Crippen molar-refractivity contribution in [2.75, 3.05) is 11.9 Å². The van der Waals surface area contributed by atoms with Gasteiger partial charge in [-0.15, -0.1) is 0 Å². The van der Waals surface area contributed by atoms with Gasteiger partial charge in [0.15, 0.2) is 0 Å². The standard InChI is InChI=1S/C16H17N3O/c1-11-6-7-14-15(8-11)18-16(17-14)19(2)10-12-4-3-5-13(20)9-12/h3-9,20H,10H2,1-2H3,(H,17,18). The van der Waals surface area contributed by atoms with Crippen LogP contribution in [0.3, 0.4) is 0 Å². The third kappa shape index (κ3) is 2.45. The van der Waals surface area contributed by atoms with Crippen LogP contribution in [0.4, 0.5) is 5.95 Å². The number of aromatic amines is 1. The normalized spacial score (nSPS) is 10.9. The second kappa shape index (κ2) is 4.89. The number of aryl methyl sites for hydroxylation is 1. The molecule has 0 radical (unpaired) electrons. The lowest BCUT2D eigenvalue weighted by molar-refractivity contribution is 0.474. The summed E-state index contributed by atoms with van der Waals surface area (Å²) in [6.45, 7) is 2.75. The summed E-state index contributed by atoms with van der Waals surface area (Å²) in [5.41, 5.74) is 4.27. The summed E-state index contributed by atoms with van der Waals surface area (Å²) in [5.74, 6) is 1.12. The summed E-state index contributed by atoms with van der Waals surface area (Å²) < 4.78 is 0. The Balaban J connectivity index is 1.86. The van der Waals surface area contributed by atoms with Gasteiger partial charge in [-0.25, -0.2) is 4.98 Å². The lowest BCUT2D eigenvalue weighted by Crippen LogP contribution is -2.17. The van der Waals surface area contributed by atoms with Crippen LogP contribution in [0.5, 0.6) is 5.75 Å². The number of hydrogen-bond acceptors (Lipinski definition) is 3. The molecule has 3 aromatic rings. The van der Waals surface area contributed by atoms with Gasteiger partial charge in [-0.1, -0.05) is 18.2 Å². The summed E-state index contributed by atoms with van der Waals surface area (Å²) in [4.78, 5) is 9.94. The average molecular weight is 267 g/mol. The van der Waals surface area contributed by atoms with E-state index >= 15 is 0 Å². The Labute approximate surface area is 117 Å². The summed E-state index contributed by atoms with van der Waals surface area (Å²) >= 11 is 0. The maximum absolute atomic E-state index is 9.50. The molecule has 1 heterocycles. The molecule has 0 aliphatic heterocycles. The molecule has 0 aliphatic rings. The van der Waals surface area contributed by atoms with Crippen LogP contribution in [0.25, 0.3) is 11.0 Å². The molecule has 0 atom stereocenters. The molecule has 3 rings (SSSR count). The van der Waals surface area contributed by atoms with Crippen molar-refractivity contribution in [1.82, 2.24) is 9.97 Å². The molecule has 0 spiro atoms. The van der Waals surface area contributed by atoms with Crippen molar-refractivity contribution in [2.24, 2.45) is 0 Å². The molecular formula is C16H17N3O. The van der Waals surface area contributed by atoms with Gasteiger partial charge in [-0.05, 0) is 42.3 Å². The van der Waals surface area contributed by atoms with Crippen LogP contribution in [-0.2, 0) is 6.54 Å². The predicted octanol–water partition coefficient (Wildman–Crippen LogP) is 3.21. The van der Waals surface area contributed by atoms with E-state index in [0.29, 0.717) is 6.54 Å². The zero-order chi connectivity index (χ0) is 14.1. The molecule has 2 N–H and O–H groups in total. The second-order valence-corrected chi connectivity index (χ2v) is 5.11. The molecular weight excluding hydrogens is 250 g/mol. The first-order valence-electron chi connectivity index (χ1n) is 6.57. The van der Waals surface area contributed by atoms with Crippen molar-refractivity contribution in [3.05, 3.63) is 53.6 Å². The fourth-order valence-electron chi connectivity index (χ4n) is 2.29. The van der Waals surface area contributed by atoms with Gasteiger partial charge < -0.3 is 15.0 Å². The molecule has 0 saturated carbocycles. The smallest absolute Gasteiger partial charge is 0.203 e. The quantitative estimate of drug-likeness (QED) is 0.766.